The highest BCUT2D eigenvalue weighted by Gasteiger charge is 2.06. The maximum atomic E-state index is 12.8. The summed E-state index contributed by atoms with van der Waals surface area (Å²) in [6.45, 7) is 3.63. The van der Waals surface area contributed by atoms with Crippen molar-refractivity contribution in [3.05, 3.63) is 42.5 Å². The Morgan fingerprint density at radius 1 is 1.57 bits per heavy atom. The summed E-state index contributed by atoms with van der Waals surface area (Å²) in [6.07, 6.45) is 7.40. The molecule has 0 aliphatic heterocycles. The van der Waals surface area contributed by atoms with Crippen LogP contribution in [-0.2, 0) is 0 Å². The predicted molar refractivity (Wildman–Crippen MR) is 55.2 cm³/mol. The van der Waals surface area contributed by atoms with Gasteiger partial charge in [0.05, 0.1) is 6.20 Å². The molecule has 0 bridgehead atoms. The monoisotopic (exact) mass is 194 g/mol. The van der Waals surface area contributed by atoms with Gasteiger partial charge in [-0.3, -0.25) is 4.98 Å². The van der Waals surface area contributed by atoms with Gasteiger partial charge in [-0.15, -0.1) is 6.58 Å². The minimum absolute atomic E-state index is 0.127. The van der Waals surface area contributed by atoms with Gasteiger partial charge in [0.25, 0.3) is 0 Å². The Balaban J connectivity index is 2.51. The molecule has 0 aliphatic carbocycles. The number of aromatic nitrogens is 1. The van der Waals surface area contributed by atoms with E-state index in [1.165, 1.54) is 12.3 Å². The molecule has 0 fully saturated rings. The molecule has 14 heavy (non-hydrogen) atoms. The Kier molecular flexibility index (Phi) is 4.26. The number of unbranched alkanes of at least 4 members (excludes halogenated alkanes) is 1. The molecule has 76 valence electrons. The van der Waals surface area contributed by atoms with Crippen molar-refractivity contribution in [2.24, 2.45) is 5.73 Å². The standard InChI is InChI=1S/C11H15FN2/c1-2-3-4-5-11(13)9-6-10(12)8-14-7-9/h2,6-8,11H,1,3-5,13H2. The third-order valence-corrected chi connectivity index (χ3v) is 2.08. The van der Waals surface area contributed by atoms with Crippen LogP contribution in [0.1, 0.15) is 30.9 Å². The number of halogens is 1. The molecule has 1 aromatic heterocycles. The second kappa shape index (κ2) is 5.50. The molecular formula is C11H15FN2. The summed E-state index contributed by atoms with van der Waals surface area (Å²) < 4.78 is 12.8. The number of nitrogens with two attached hydrogens (primary N) is 1. The van der Waals surface area contributed by atoms with E-state index in [4.69, 9.17) is 5.73 Å². The van der Waals surface area contributed by atoms with Crippen molar-refractivity contribution in [3.63, 3.8) is 0 Å². The van der Waals surface area contributed by atoms with E-state index < -0.39 is 0 Å². The molecule has 2 nitrogen and oxygen atoms in total. The molecule has 1 atom stereocenters. The lowest BCUT2D eigenvalue weighted by Crippen LogP contribution is -2.10. The Hall–Kier alpha value is -1.22. The van der Waals surface area contributed by atoms with Crippen LogP contribution in [0.25, 0.3) is 0 Å². The summed E-state index contributed by atoms with van der Waals surface area (Å²) in [4.78, 5) is 3.76. The second-order valence-electron chi connectivity index (χ2n) is 3.26. The van der Waals surface area contributed by atoms with Crippen molar-refractivity contribution in [1.29, 1.82) is 0 Å². The van der Waals surface area contributed by atoms with Crippen molar-refractivity contribution in [1.82, 2.24) is 4.98 Å². The largest absolute Gasteiger partial charge is 0.324 e. The lowest BCUT2D eigenvalue weighted by atomic mass is 10.0. The van der Waals surface area contributed by atoms with Gasteiger partial charge >= 0.3 is 0 Å². The van der Waals surface area contributed by atoms with Crippen molar-refractivity contribution < 1.29 is 4.39 Å². The zero-order chi connectivity index (χ0) is 10.4. The molecule has 1 heterocycles. The maximum absolute atomic E-state index is 12.8. The van der Waals surface area contributed by atoms with Gasteiger partial charge in [-0.05, 0) is 30.9 Å². The van der Waals surface area contributed by atoms with E-state index in [1.54, 1.807) is 6.20 Å². The van der Waals surface area contributed by atoms with Gasteiger partial charge in [-0.25, -0.2) is 4.39 Å². The van der Waals surface area contributed by atoms with E-state index in [0.717, 1.165) is 24.8 Å². The Morgan fingerprint density at radius 3 is 3.00 bits per heavy atom. The second-order valence-corrected chi connectivity index (χ2v) is 3.26. The summed E-state index contributed by atoms with van der Waals surface area (Å²) in [7, 11) is 0. The summed E-state index contributed by atoms with van der Waals surface area (Å²) >= 11 is 0. The van der Waals surface area contributed by atoms with Gasteiger partial charge in [-0.2, -0.15) is 0 Å². The lowest BCUT2D eigenvalue weighted by Gasteiger charge is -2.10. The normalized spacial score (nSPS) is 12.4. The Bertz CT molecular complexity index is 299. The highest BCUT2D eigenvalue weighted by atomic mass is 19.1. The van der Waals surface area contributed by atoms with E-state index >= 15 is 0 Å². The molecule has 2 N–H and O–H groups in total. The van der Waals surface area contributed by atoms with Crippen LogP contribution >= 0.6 is 0 Å². The SMILES string of the molecule is C=CCCCC(N)c1cncc(F)c1. The molecule has 0 radical (unpaired) electrons. The summed E-state index contributed by atoms with van der Waals surface area (Å²) in [5.74, 6) is -0.332. The summed E-state index contributed by atoms with van der Waals surface area (Å²) in [6, 6.07) is 1.31. The van der Waals surface area contributed by atoms with Crippen LogP contribution in [0, 0.1) is 5.82 Å². The van der Waals surface area contributed by atoms with Crippen LogP contribution in [0.15, 0.2) is 31.1 Å². The first-order valence-corrected chi connectivity index (χ1v) is 4.71. The van der Waals surface area contributed by atoms with Crippen LogP contribution in [0.4, 0.5) is 4.39 Å². The molecule has 0 spiro atoms. The van der Waals surface area contributed by atoms with Crippen LogP contribution in [0.5, 0.6) is 0 Å². The molecule has 0 saturated carbocycles. The first-order valence-electron chi connectivity index (χ1n) is 4.71. The van der Waals surface area contributed by atoms with E-state index in [1.807, 2.05) is 6.08 Å². The number of hydrogen-bond donors (Lipinski definition) is 1. The number of hydrogen-bond acceptors (Lipinski definition) is 2. The number of nitrogens with zero attached hydrogens (tertiary/aromatic N) is 1. The van der Waals surface area contributed by atoms with Gasteiger partial charge < -0.3 is 5.73 Å². The van der Waals surface area contributed by atoms with E-state index in [2.05, 4.69) is 11.6 Å². The van der Waals surface area contributed by atoms with Crippen molar-refractivity contribution in [3.8, 4) is 0 Å². The zero-order valence-corrected chi connectivity index (χ0v) is 8.12. The molecular weight excluding hydrogens is 179 g/mol. The maximum Gasteiger partial charge on any atom is 0.141 e. The average molecular weight is 194 g/mol. The number of allylic oxidation sites excluding steroid dienone is 1. The first-order chi connectivity index (χ1) is 6.74. The van der Waals surface area contributed by atoms with Crippen LogP contribution < -0.4 is 5.73 Å². The third-order valence-electron chi connectivity index (χ3n) is 2.08. The molecule has 0 saturated heterocycles. The Labute approximate surface area is 83.7 Å². The molecule has 0 aromatic carbocycles. The van der Waals surface area contributed by atoms with Crippen molar-refractivity contribution in [2.45, 2.75) is 25.3 Å². The molecule has 1 rings (SSSR count). The molecule has 3 heteroatoms. The minimum atomic E-state index is -0.332. The molecule has 1 aromatic rings. The summed E-state index contributed by atoms with van der Waals surface area (Å²) in [5.41, 5.74) is 6.62. The number of pyridine rings is 1. The van der Waals surface area contributed by atoms with E-state index in [-0.39, 0.29) is 11.9 Å². The van der Waals surface area contributed by atoms with Gasteiger partial charge in [0.2, 0.25) is 0 Å². The fraction of sp³-hybridized carbons (Fsp3) is 0.364. The van der Waals surface area contributed by atoms with Crippen molar-refractivity contribution >= 4 is 0 Å². The quantitative estimate of drug-likeness (QED) is 0.578. The summed E-state index contributed by atoms with van der Waals surface area (Å²) in [5, 5.41) is 0. The fourth-order valence-corrected chi connectivity index (χ4v) is 1.28. The van der Waals surface area contributed by atoms with Gasteiger partial charge in [0.15, 0.2) is 0 Å². The lowest BCUT2D eigenvalue weighted by molar-refractivity contribution is 0.590. The highest BCUT2D eigenvalue weighted by molar-refractivity contribution is 5.14. The molecule has 1 unspecified atom stereocenters. The molecule has 0 amide bonds. The fourth-order valence-electron chi connectivity index (χ4n) is 1.28. The molecule has 0 aliphatic rings. The smallest absolute Gasteiger partial charge is 0.141 e. The predicted octanol–water partition coefficient (Wildman–Crippen LogP) is 2.58. The zero-order valence-electron chi connectivity index (χ0n) is 8.12. The Morgan fingerprint density at radius 2 is 2.36 bits per heavy atom. The average Bonchev–Trinajstić information content (AvgIpc) is 2.18. The highest BCUT2D eigenvalue weighted by Crippen LogP contribution is 2.16. The van der Waals surface area contributed by atoms with E-state index in [0.29, 0.717) is 0 Å². The van der Waals surface area contributed by atoms with Crippen LogP contribution in [-0.4, -0.2) is 4.98 Å². The third kappa shape index (κ3) is 3.26. The van der Waals surface area contributed by atoms with Gasteiger partial charge in [0.1, 0.15) is 5.82 Å². The number of rotatable bonds is 5. The van der Waals surface area contributed by atoms with Gasteiger partial charge in [-0.1, -0.05) is 6.08 Å². The topological polar surface area (TPSA) is 38.9 Å². The van der Waals surface area contributed by atoms with Crippen molar-refractivity contribution in [2.75, 3.05) is 0 Å². The van der Waals surface area contributed by atoms with Crippen LogP contribution in [0.3, 0.4) is 0 Å². The van der Waals surface area contributed by atoms with Gasteiger partial charge in [0, 0.05) is 12.2 Å². The van der Waals surface area contributed by atoms with Crippen LogP contribution in [0.2, 0.25) is 0 Å². The first kappa shape index (κ1) is 10.9. The minimum Gasteiger partial charge on any atom is -0.324 e. The van der Waals surface area contributed by atoms with E-state index in [9.17, 15) is 4.39 Å².